The Bertz CT molecular complexity index is 302. The summed E-state index contributed by atoms with van der Waals surface area (Å²) in [6, 6.07) is 1.85. The summed E-state index contributed by atoms with van der Waals surface area (Å²) in [5.41, 5.74) is 3.53. The van der Waals surface area contributed by atoms with E-state index in [1.165, 1.54) is 0 Å². The summed E-state index contributed by atoms with van der Waals surface area (Å²) in [6.07, 6.45) is 1.97. The Morgan fingerprint density at radius 3 is 2.69 bits per heavy atom. The normalized spacial score (nSPS) is 10.6. The van der Waals surface area contributed by atoms with Gasteiger partial charge >= 0.3 is 0 Å². The minimum atomic E-state index is 0.646. The summed E-state index contributed by atoms with van der Waals surface area (Å²) in [7, 11) is 0. The van der Waals surface area contributed by atoms with Crippen LogP contribution in [0.3, 0.4) is 0 Å². The number of hydrogen-bond acceptors (Lipinski definition) is 5. The minimum absolute atomic E-state index is 0.646. The quantitative estimate of drug-likeness (QED) is 0.506. The largest absolute Gasteiger partial charge is 0.354 e. The van der Waals surface area contributed by atoms with Crippen molar-refractivity contribution in [3.8, 4) is 0 Å². The SMILES string of the molecule is CCc1cc(NN)nc(NCCC(C)C)n1. The highest BCUT2D eigenvalue weighted by molar-refractivity contribution is 5.41. The van der Waals surface area contributed by atoms with Crippen LogP contribution in [0.15, 0.2) is 6.07 Å². The third-order valence-electron chi connectivity index (χ3n) is 2.29. The summed E-state index contributed by atoms with van der Waals surface area (Å²) < 4.78 is 0. The van der Waals surface area contributed by atoms with Gasteiger partial charge in [0, 0.05) is 18.3 Å². The monoisotopic (exact) mass is 223 g/mol. The maximum absolute atomic E-state index is 5.35. The smallest absolute Gasteiger partial charge is 0.224 e. The number of aromatic nitrogens is 2. The molecule has 0 saturated heterocycles. The Labute approximate surface area is 96.8 Å². The van der Waals surface area contributed by atoms with E-state index in [4.69, 9.17) is 5.84 Å². The Balaban J connectivity index is 2.64. The van der Waals surface area contributed by atoms with Crippen LogP contribution < -0.4 is 16.6 Å². The van der Waals surface area contributed by atoms with Crippen molar-refractivity contribution >= 4 is 11.8 Å². The van der Waals surface area contributed by atoms with Crippen LogP contribution in [0.1, 0.15) is 32.9 Å². The average molecular weight is 223 g/mol. The second kappa shape index (κ2) is 6.27. The van der Waals surface area contributed by atoms with Gasteiger partial charge in [-0.15, -0.1) is 0 Å². The molecule has 0 aromatic carbocycles. The highest BCUT2D eigenvalue weighted by atomic mass is 15.3. The lowest BCUT2D eigenvalue weighted by atomic mass is 10.1. The van der Waals surface area contributed by atoms with Gasteiger partial charge in [0.05, 0.1) is 0 Å². The van der Waals surface area contributed by atoms with Gasteiger partial charge in [0.15, 0.2) is 0 Å². The number of hydrazine groups is 1. The molecular formula is C11H21N5. The summed E-state index contributed by atoms with van der Waals surface area (Å²) in [5.74, 6) is 7.32. The molecule has 0 unspecified atom stereocenters. The van der Waals surface area contributed by atoms with Crippen molar-refractivity contribution < 1.29 is 0 Å². The number of nitrogens with zero attached hydrogens (tertiary/aromatic N) is 2. The second-order valence-corrected chi connectivity index (χ2v) is 4.18. The van der Waals surface area contributed by atoms with E-state index in [2.05, 4.69) is 41.5 Å². The Morgan fingerprint density at radius 1 is 1.38 bits per heavy atom. The van der Waals surface area contributed by atoms with Gasteiger partial charge in [-0.1, -0.05) is 20.8 Å². The van der Waals surface area contributed by atoms with E-state index in [1.54, 1.807) is 0 Å². The Kier molecular flexibility index (Phi) is 4.98. The predicted molar refractivity (Wildman–Crippen MR) is 67.2 cm³/mol. The molecule has 0 aliphatic carbocycles. The van der Waals surface area contributed by atoms with Crippen LogP contribution in [-0.4, -0.2) is 16.5 Å². The van der Waals surface area contributed by atoms with Gasteiger partial charge in [-0.25, -0.2) is 10.8 Å². The first-order valence-electron chi connectivity index (χ1n) is 5.74. The molecular weight excluding hydrogens is 202 g/mol. The van der Waals surface area contributed by atoms with Crippen LogP contribution in [0.4, 0.5) is 11.8 Å². The molecule has 1 rings (SSSR count). The van der Waals surface area contributed by atoms with E-state index in [0.717, 1.165) is 25.1 Å². The topological polar surface area (TPSA) is 75.9 Å². The van der Waals surface area contributed by atoms with Crippen LogP contribution in [-0.2, 0) is 6.42 Å². The van der Waals surface area contributed by atoms with Gasteiger partial charge in [-0.2, -0.15) is 4.98 Å². The van der Waals surface area contributed by atoms with Crippen LogP contribution in [0, 0.1) is 5.92 Å². The molecule has 0 radical (unpaired) electrons. The molecule has 0 amide bonds. The highest BCUT2D eigenvalue weighted by Gasteiger charge is 2.02. The molecule has 0 atom stereocenters. The molecule has 5 nitrogen and oxygen atoms in total. The van der Waals surface area contributed by atoms with Crippen molar-refractivity contribution in [1.82, 2.24) is 9.97 Å². The number of anilines is 2. The number of nitrogen functional groups attached to an aromatic ring is 1. The first-order valence-corrected chi connectivity index (χ1v) is 5.74. The fourth-order valence-corrected chi connectivity index (χ4v) is 1.30. The maximum Gasteiger partial charge on any atom is 0.224 e. The average Bonchev–Trinajstić information content (AvgIpc) is 2.28. The van der Waals surface area contributed by atoms with Gasteiger partial charge in [0.25, 0.3) is 0 Å². The Hall–Kier alpha value is -1.36. The predicted octanol–water partition coefficient (Wildman–Crippen LogP) is 1.78. The zero-order valence-electron chi connectivity index (χ0n) is 10.2. The number of aryl methyl sites for hydroxylation is 1. The van der Waals surface area contributed by atoms with Crippen molar-refractivity contribution in [3.63, 3.8) is 0 Å². The van der Waals surface area contributed by atoms with Crippen LogP contribution in [0.2, 0.25) is 0 Å². The third-order valence-corrected chi connectivity index (χ3v) is 2.29. The van der Waals surface area contributed by atoms with Crippen molar-refractivity contribution in [2.45, 2.75) is 33.6 Å². The van der Waals surface area contributed by atoms with Crippen LogP contribution in [0.5, 0.6) is 0 Å². The highest BCUT2D eigenvalue weighted by Crippen LogP contribution is 2.10. The molecule has 1 aromatic heterocycles. The van der Waals surface area contributed by atoms with E-state index in [0.29, 0.717) is 17.7 Å². The minimum Gasteiger partial charge on any atom is -0.354 e. The van der Waals surface area contributed by atoms with Gasteiger partial charge in [0.1, 0.15) is 5.82 Å². The molecule has 1 aromatic rings. The molecule has 0 saturated carbocycles. The molecule has 16 heavy (non-hydrogen) atoms. The van der Waals surface area contributed by atoms with Crippen molar-refractivity contribution in [2.24, 2.45) is 11.8 Å². The second-order valence-electron chi connectivity index (χ2n) is 4.18. The molecule has 0 spiro atoms. The standard InChI is InChI=1S/C11H21N5/c1-4-9-7-10(16-12)15-11(14-9)13-6-5-8(2)3/h7-8H,4-6,12H2,1-3H3,(H2,13,14,15,16). The van der Waals surface area contributed by atoms with Gasteiger partial charge in [-0.3, -0.25) is 0 Å². The molecule has 0 bridgehead atoms. The number of nitrogens with two attached hydrogens (primary N) is 1. The Morgan fingerprint density at radius 2 is 2.12 bits per heavy atom. The van der Waals surface area contributed by atoms with E-state index in [-0.39, 0.29) is 0 Å². The molecule has 0 aliphatic heterocycles. The van der Waals surface area contributed by atoms with Gasteiger partial charge in [-0.05, 0) is 18.8 Å². The fraction of sp³-hybridized carbons (Fsp3) is 0.636. The number of nitrogens with one attached hydrogen (secondary N) is 2. The number of rotatable bonds is 6. The molecule has 5 heteroatoms. The molecule has 1 heterocycles. The zero-order chi connectivity index (χ0) is 12.0. The molecule has 90 valence electrons. The van der Waals surface area contributed by atoms with E-state index in [1.807, 2.05) is 6.07 Å². The van der Waals surface area contributed by atoms with Crippen LogP contribution >= 0.6 is 0 Å². The molecule has 4 N–H and O–H groups in total. The summed E-state index contributed by atoms with van der Waals surface area (Å²) >= 11 is 0. The van der Waals surface area contributed by atoms with Crippen LogP contribution in [0.25, 0.3) is 0 Å². The van der Waals surface area contributed by atoms with E-state index in [9.17, 15) is 0 Å². The molecule has 0 fully saturated rings. The van der Waals surface area contributed by atoms with Gasteiger partial charge < -0.3 is 10.7 Å². The lowest BCUT2D eigenvalue weighted by molar-refractivity contribution is 0.605. The summed E-state index contributed by atoms with van der Waals surface area (Å²) in [5, 5.41) is 3.21. The van der Waals surface area contributed by atoms with Crippen molar-refractivity contribution in [3.05, 3.63) is 11.8 Å². The first-order chi connectivity index (χ1) is 7.65. The maximum atomic E-state index is 5.35. The summed E-state index contributed by atoms with van der Waals surface area (Å²) in [6.45, 7) is 7.32. The molecule has 0 aliphatic rings. The van der Waals surface area contributed by atoms with Crippen molar-refractivity contribution in [2.75, 3.05) is 17.3 Å². The van der Waals surface area contributed by atoms with E-state index >= 15 is 0 Å². The lowest BCUT2D eigenvalue weighted by Crippen LogP contribution is -2.13. The lowest BCUT2D eigenvalue weighted by Gasteiger charge is -2.09. The van der Waals surface area contributed by atoms with E-state index < -0.39 is 0 Å². The fourth-order valence-electron chi connectivity index (χ4n) is 1.30. The number of hydrogen-bond donors (Lipinski definition) is 3. The van der Waals surface area contributed by atoms with Crippen molar-refractivity contribution in [1.29, 1.82) is 0 Å². The third kappa shape index (κ3) is 4.02. The first kappa shape index (κ1) is 12.7. The summed E-state index contributed by atoms with van der Waals surface area (Å²) in [4.78, 5) is 8.62. The van der Waals surface area contributed by atoms with Gasteiger partial charge in [0.2, 0.25) is 5.95 Å². The zero-order valence-corrected chi connectivity index (χ0v) is 10.2.